The van der Waals surface area contributed by atoms with Crippen molar-refractivity contribution in [2.75, 3.05) is 6.61 Å². The Morgan fingerprint density at radius 1 is 0.912 bits per heavy atom. The van der Waals surface area contributed by atoms with Crippen molar-refractivity contribution in [1.29, 1.82) is 0 Å². The standard InChI is InChI=1S/C16H24O.C15H18N2/c1-4-16(12(2)3)14(11-17)10-9-13-7-5-6-8-15(13)16;1-4-15(10(2)3)13-8-6-5-7-11(13)12-9-16-17-14(12)15/h5-8,12,14,17H,4,9-11H2,1-3H3;5-10H,4H2,1-3H3,(H,16,17). The minimum Gasteiger partial charge on any atom is -0.396 e. The average molecular weight is 459 g/mol. The van der Waals surface area contributed by atoms with Crippen LogP contribution < -0.4 is 0 Å². The van der Waals surface area contributed by atoms with Gasteiger partial charge in [-0.15, -0.1) is 0 Å². The quantitative estimate of drug-likeness (QED) is 0.422. The van der Waals surface area contributed by atoms with E-state index in [1.807, 2.05) is 6.20 Å². The maximum atomic E-state index is 9.73. The van der Waals surface area contributed by atoms with Gasteiger partial charge in [0.15, 0.2) is 0 Å². The van der Waals surface area contributed by atoms with Gasteiger partial charge in [0.05, 0.1) is 11.9 Å². The number of aryl methyl sites for hydroxylation is 1. The summed E-state index contributed by atoms with van der Waals surface area (Å²) in [5.74, 6) is 1.56. The summed E-state index contributed by atoms with van der Waals surface area (Å²) in [6, 6.07) is 17.6. The second kappa shape index (κ2) is 9.70. The zero-order valence-corrected chi connectivity index (χ0v) is 21.9. The van der Waals surface area contributed by atoms with E-state index in [4.69, 9.17) is 0 Å². The van der Waals surface area contributed by atoms with Crippen molar-refractivity contribution in [2.24, 2.45) is 17.8 Å². The van der Waals surface area contributed by atoms with E-state index in [0.29, 0.717) is 24.4 Å². The van der Waals surface area contributed by atoms with Crippen LogP contribution in [0, 0.1) is 17.8 Å². The highest BCUT2D eigenvalue weighted by Crippen LogP contribution is 2.53. The third-order valence-electron chi connectivity index (χ3n) is 9.17. The van der Waals surface area contributed by atoms with Crippen LogP contribution in [0.5, 0.6) is 0 Å². The molecule has 1 aromatic heterocycles. The molecule has 3 aromatic rings. The predicted molar refractivity (Wildman–Crippen MR) is 142 cm³/mol. The molecule has 2 N–H and O–H groups in total. The van der Waals surface area contributed by atoms with E-state index < -0.39 is 0 Å². The molecule has 0 aliphatic heterocycles. The maximum Gasteiger partial charge on any atom is 0.0569 e. The van der Waals surface area contributed by atoms with Gasteiger partial charge < -0.3 is 5.11 Å². The Morgan fingerprint density at radius 3 is 2.21 bits per heavy atom. The number of benzene rings is 2. The molecule has 5 rings (SSSR count). The number of rotatable bonds is 5. The van der Waals surface area contributed by atoms with E-state index in [-0.39, 0.29) is 10.8 Å². The van der Waals surface area contributed by atoms with Crippen LogP contribution in [-0.4, -0.2) is 21.9 Å². The molecule has 0 bridgehead atoms. The molecule has 1 heterocycles. The molecule has 182 valence electrons. The first kappa shape index (κ1) is 24.7. The highest BCUT2D eigenvalue weighted by atomic mass is 16.3. The van der Waals surface area contributed by atoms with E-state index in [1.54, 1.807) is 0 Å². The molecule has 34 heavy (non-hydrogen) atoms. The molecule has 0 amide bonds. The minimum absolute atomic E-state index is 0.114. The Labute approximate surface area is 206 Å². The number of aliphatic hydroxyl groups excluding tert-OH is 1. The largest absolute Gasteiger partial charge is 0.396 e. The number of nitrogens with zero attached hydrogens (tertiary/aromatic N) is 1. The average Bonchev–Trinajstić information content (AvgIpc) is 3.44. The molecule has 0 spiro atoms. The third kappa shape index (κ3) is 3.55. The van der Waals surface area contributed by atoms with E-state index in [1.165, 1.54) is 33.5 Å². The van der Waals surface area contributed by atoms with Gasteiger partial charge in [0.25, 0.3) is 0 Å². The zero-order chi connectivity index (χ0) is 24.5. The fraction of sp³-hybridized carbons (Fsp3) is 0.516. The molecule has 0 fully saturated rings. The van der Waals surface area contributed by atoms with E-state index in [9.17, 15) is 5.11 Å². The normalized spacial score (nSPS) is 24.9. The molecule has 3 heteroatoms. The van der Waals surface area contributed by atoms with Crippen LogP contribution in [0.15, 0.2) is 54.7 Å². The second-order valence-corrected chi connectivity index (χ2v) is 10.8. The van der Waals surface area contributed by atoms with Crippen LogP contribution in [-0.2, 0) is 17.3 Å². The highest BCUT2D eigenvalue weighted by molar-refractivity contribution is 5.79. The topological polar surface area (TPSA) is 48.9 Å². The molecule has 0 saturated carbocycles. The number of fused-ring (bicyclic) bond motifs is 4. The van der Waals surface area contributed by atoms with Crippen LogP contribution in [0.3, 0.4) is 0 Å². The van der Waals surface area contributed by atoms with Gasteiger partial charge in [0.1, 0.15) is 0 Å². The smallest absolute Gasteiger partial charge is 0.0569 e. The fourth-order valence-electron chi connectivity index (χ4n) is 7.37. The summed E-state index contributed by atoms with van der Waals surface area (Å²) in [4.78, 5) is 0. The lowest BCUT2D eigenvalue weighted by Gasteiger charge is -2.48. The first-order valence-corrected chi connectivity index (χ1v) is 13.2. The van der Waals surface area contributed by atoms with Crippen molar-refractivity contribution in [3.8, 4) is 11.1 Å². The first-order valence-electron chi connectivity index (χ1n) is 13.2. The van der Waals surface area contributed by atoms with Gasteiger partial charge in [-0.2, -0.15) is 5.10 Å². The molecule has 0 radical (unpaired) electrons. The van der Waals surface area contributed by atoms with Crippen LogP contribution in [0.2, 0.25) is 0 Å². The lowest BCUT2D eigenvalue weighted by Crippen LogP contribution is -2.45. The van der Waals surface area contributed by atoms with E-state index >= 15 is 0 Å². The minimum atomic E-state index is 0.114. The molecule has 3 nitrogen and oxygen atoms in total. The molecule has 3 atom stereocenters. The maximum absolute atomic E-state index is 9.73. The second-order valence-electron chi connectivity index (χ2n) is 10.8. The Balaban J connectivity index is 0.000000161. The highest BCUT2D eigenvalue weighted by Gasteiger charge is 2.46. The summed E-state index contributed by atoms with van der Waals surface area (Å²) < 4.78 is 0. The Bertz CT molecular complexity index is 1110. The molecular formula is C31H42N2O. The van der Waals surface area contributed by atoms with E-state index in [2.05, 4.69) is 100 Å². The first-order chi connectivity index (χ1) is 16.4. The molecule has 0 saturated heterocycles. The van der Waals surface area contributed by atoms with Crippen LogP contribution in [0.4, 0.5) is 0 Å². The van der Waals surface area contributed by atoms with E-state index in [0.717, 1.165) is 25.7 Å². The number of H-pyrrole nitrogens is 1. The van der Waals surface area contributed by atoms with Gasteiger partial charge in [-0.1, -0.05) is 90.1 Å². The van der Waals surface area contributed by atoms with Crippen molar-refractivity contribution in [3.05, 3.63) is 77.1 Å². The number of aromatic nitrogens is 2. The molecular weight excluding hydrogens is 416 g/mol. The molecule has 2 aliphatic rings. The SMILES string of the molecule is CCC1(C(C)C)c2ccccc2-c2cn[nH]c21.CCC1(C(C)C)c2ccccc2CCC1CO. The van der Waals surface area contributed by atoms with Crippen molar-refractivity contribution < 1.29 is 5.11 Å². The molecule has 3 unspecified atom stereocenters. The summed E-state index contributed by atoms with van der Waals surface area (Å²) in [7, 11) is 0. The zero-order valence-electron chi connectivity index (χ0n) is 21.9. The Morgan fingerprint density at radius 2 is 1.59 bits per heavy atom. The van der Waals surface area contributed by atoms with Gasteiger partial charge in [-0.05, 0) is 65.7 Å². The third-order valence-corrected chi connectivity index (χ3v) is 9.17. The Kier molecular flexibility index (Phi) is 7.05. The van der Waals surface area contributed by atoms with Crippen LogP contribution >= 0.6 is 0 Å². The Hall–Kier alpha value is -2.39. The predicted octanol–water partition coefficient (Wildman–Crippen LogP) is 7.29. The van der Waals surface area contributed by atoms with Crippen LogP contribution in [0.25, 0.3) is 11.1 Å². The molecule has 2 aromatic carbocycles. The summed E-state index contributed by atoms with van der Waals surface area (Å²) in [6.45, 7) is 14.1. The molecule has 2 aliphatic carbocycles. The lowest BCUT2D eigenvalue weighted by molar-refractivity contribution is 0.0907. The number of aliphatic hydroxyl groups is 1. The fourth-order valence-corrected chi connectivity index (χ4v) is 7.37. The number of hydrogen-bond acceptors (Lipinski definition) is 2. The van der Waals surface area contributed by atoms with Crippen molar-refractivity contribution in [1.82, 2.24) is 10.2 Å². The monoisotopic (exact) mass is 458 g/mol. The summed E-state index contributed by atoms with van der Waals surface area (Å²) >= 11 is 0. The summed E-state index contributed by atoms with van der Waals surface area (Å²) in [5, 5.41) is 17.2. The van der Waals surface area contributed by atoms with Gasteiger partial charge in [0, 0.05) is 23.0 Å². The number of hydrogen-bond donors (Lipinski definition) is 2. The van der Waals surface area contributed by atoms with Gasteiger partial charge in [0.2, 0.25) is 0 Å². The van der Waals surface area contributed by atoms with Gasteiger partial charge in [-0.25, -0.2) is 0 Å². The van der Waals surface area contributed by atoms with Gasteiger partial charge >= 0.3 is 0 Å². The summed E-state index contributed by atoms with van der Waals surface area (Å²) in [5.41, 5.74) is 8.67. The summed E-state index contributed by atoms with van der Waals surface area (Å²) in [6.07, 6.45) is 6.44. The van der Waals surface area contributed by atoms with Crippen molar-refractivity contribution in [2.45, 2.75) is 78.1 Å². The van der Waals surface area contributed by atoms with Crippen LogP contribution in [0.1, 0.15) is 83.2 Å². The lowest BCUT2D eigenvalue weighted by atomic mass is 9.57. The van der Waals surface area contributed by atoms with Crippen molar-refractivity contribution >= 4 is 0 Å². The van der Waals surface area contributed by atoms with Gasteiger partial charge in [-0.3, -0.25) is 5.10 Å². The van der Waals surface area contributed by atoms with Crippen molar-refractivity contribution in [3.63, 3.8) is 0 Å². The number of nitrogens with one attached hydrogen (secondary N) is 1. The number of aromatic amines is 1.